The molecule has 6 nitrogen and oxygen atoms in total. The summed E-state index contributed by atoms with van der Waals surface area (Å²) >= 11 is 0. The predicted molar refractivity (Wildman–Crippen MR) is 94.8 cm³/mol. The fourth-order valence-electron chi connectivity index (χ4n) is 3.18. The van der Waals surface area contributed by atoms with Gasteiger partial charge >= 0.3 is 0 Å². The molecule has 24 heavy (non-hydrogen) atoms. The highest BCUT2D eigenvalue weighted by atomic mass is 15.6. The molecule has 1 aromatic heterocycles. The van der Waals surface area contributed by atoms with Gasteiger partial charge in [0.05, 0.1) is 11.6 Å². The molecule has 1 unspecified atom stereocenters. The Balaban J connectivity index is 2.02. The van der Waals surface area contributed by atoms with E-state index in [-0.39, 0.29) is 11.6 Å². The molecule has 1 fully saturated rings. The van der Waals surface area contributed by atoms with Crippen molar-refractivity contribution in [2.24, 2.45) is 0 Å². The van der Waals surface area contributed by atoms with Gasteiger partial charge in [-0.05, 0) is 43.3 Å². The average Bonchev–Trinajstić information content (AvgIpc) is 3.08. The number of piperazine rings is 1. The first kappa shape index (κ1) is 17.0. The number of hydrogen-bond donors (Lipinski definition) is 0. The van der Waals surface area contributed by atoms with Gasteiger partial charge in [-0.3, -0.25) is 4.90 Å². The Labute approximate surface area is 144 Å². The number of benzene rings is 1. The number of likely N-dealkylation sites (N-methyl/N-ethyl adjacent to an activating group) is 1. The lowest BCUT2D eigenvalue weighted by molar-refractivity contribution is 0.117. The molecule has 0 N–H and O–H groups in total. The van der Waals surface area contributed by atoms with Crippen molar-refractivity contribution in [2.75, 3.05) is 33.2 Å². The van der Waals surface area contributed by atoms with Gasteiger partial charge < -0.3 is 4.90 Å². The number of rotatable bonds is 5. The molecule has 1 aromatic carbocycles. The van der Waals surface area contributed by atoms with E-state index in [1.165, 1.54) is 5.56 Å². The quantitative estimate of drug-likeness (QED) is 0.842. The van der Waals surface area contributed by atoms with Crippen LogP contribution in [0.5, 0.6) is 0 Å². The minimum atomic E-state index is -0.0988. The zero-order valence-corrected chi connectivity index (χ0v) is 15.2. The smallest absolute Gasteiger partial charge is 0.173 e. The van der Waals surface area contributed by atoms with Crippen molar-refractivity contribution in [1.82, 2.24) is 30.0 Å². The Bertz CT molecular complexity index is 643. The van der Waals surface area contributed by atoms with E-state index >= 15 is 0 Å². The topological polar surface area (TPSA) is 50.1 Å². The maximum Gasteiger partial charge on any atom is 0.173 e. The summed E-state index contributed by atoms with van der Waals surface area (Å²) in [6.07, 6.45) is 0.981. The normalized spacial score (nSPS) is 18.7. The summed E-state index contributed by atoms with van der Waals surface area (Å²) < 4.78 is 2.02. The van der Waals surface area contributed by atoms with Crippen molar-refractivity contribution in [1.29, 1.82) is 0 Å². The molecule has 1 aliphatic heterocycles. The molecular formula is C18H28N6. The Morgan fingerprint density at radius 1 is 1.08 bits per heavy atom. The zero-order chi connectivity index (χ0) is 17.2. The average molecular weight is 328 g/mol. The lowest BCUT2D eigenvalue weighted by Gasteiger charge is -2.38. The largest absolute Gasteiger partial charge is 0.304 e. The van der Waals surface area contributed by atoms with Crippen molar-refractivity contribution in [2.45, 2.75) is 38.8 Å². The highest BCUT2D eigenvalue weighted by molar-refractivity contribution is 5.25. The molecule has 0 radical (unpaired) electrons. The van der Waals surface area contributed by atoms with E-state index in [1.54, 1.807) is 0 Å². The second-order valence-electron chi connectivity index (χ2n) is 7.27. The van der Waals surface area contributed by atoms with Crippen molar-refractivity contribution in [3.63, 3.8) is 0 Å². The Morgan fingerprint density at radius 3 is 2.38 bits per heavy atom. The lowest BCUT2D eigenvalue weighted by atomic mass is 9.99. The van der Waals surface area contributed by atoms with Gasteiger partial charge in [0.25, 0.3) is 0 Å². The van der Waals surface area contributed by atoms with Gasteiger partial charge in [0, 0.05) is 26.2 Å². The van der Waals surface area contributed by atoms with E-state index in [4.69, 9.17) is 0 Å². The van der Waals surface area contributed by atoms with E-state index in [0.717, 1.165) is 38.4 Å². The third-order valence-electron chi connectivity index (χ3n) is 5.20. The molecule has 1 saturated heterocycles. The first-order chi connectivity index (χ1) is 11.5. The molecule has 0 aliphatic carbocycles. The van der Waals surface area contributed by atoms with Crippen molar-refractivity contribution in [3.8, 4) is 0 Å². The van der Waals surface area contributed by atoms with Gasteiger partial charge in [-0.25, -0.2) is 4.68 Å². The van der Waals surface area contributed by atoms with Gasteiger partial charge in [-0.2, -0.15) is 0 Å². The molecule has 0 bridgehead atoms. The van der Waals surface area contributed by atoms with Crippen LogP contribution in [0.15, 0.2) is 30.3 Å². The molecule has 130 valence electrons. The Morgan fingerprint density at radius 2 is 1.75 bits per heavy atom. The number of hydrogen-bond acceptors (Lipinski definition) is 5. The second-order valence-corrected chi connectivity index (χ2v) is 7.27. The van der Waals surface area contributed by atoms with Gasteiger partial charge in [0.2, 0.25) is 0 Å². The summed E-state index contributed by atoms with van der Waals surface area (Å²) in [5, 5.41) is 12.8. The lowest BCUT2D eigenvalue weighted by Crippen LogP contribution is -2.47. The minimum Gasteiger partial charge on any atom is -0.304 e. The molecule has 2 heterocycles. The zero-order valence-electron chi connectivity index (χ0n) is 15.2. The van der Waals surface area contributed by atoms with Crippen LogP contribution in [0.4, 0.5) is 0 Å². The van der Waals surface area contributed by atoms with Crippen LogP contribution < -0.4 is 0 Å². The van der Waals surface area contributed by atoms with Gasteiger partial charge in [0.15, 0.2) is 5.82 Å². The van der Waals surface area contributed by atoms with Crippen molar-refractivity contribution >= 4 is 0 Å². The van der Waals surface area contributed by atoms with Crippen LogP contribution in [0.25, 0.3) is 0 Å². The SMILES string of the molecule is CCC(C)(C)n1nnnc1C(c1ccccc1)N1CCN(C)CC1. The molecular weight excluding hydrogens is 300 g/mol. The van der Waals surface area contributed by atoms with Crippen LogP contribution in [0, 0.1) is 0 Å². The van der Waals surface area contributed by atoms with Crippen molar-refractivity contribution < 1.29 is 0 Å². The van der Waals surface area contributed by atoms with E-state index < -0.39 is 0 Å². The fourth-order valence-corrected chi connectivity index (χ4v) is 3.18. The van der Waals surface area contributed by atoms with Crippen molar-refractivity contribution in [3.05, 3.63) is 41.7 Å². The third kappa shape index (κ3) is 3.35. The van der Waals surface area contributed by atoms with Crippen LogP contribution in [0.3, 0.4) is 0 Å². The van der Waals surface area contributed by atoms with Crippen LogP contribution in [-0.2, 0) is 5.54 Å². The fraction of sp³-hybridized carbons (Fsp3) is 0.611. The van der Waals surface area contributed by atoms with E-state index in [0.29, 0.717) is 0 Å². The first-order valence-electron chi connectivity index (χ1n) is 8.79. The second kappa shape index (κ2) is 6.99. The number of aromatic nitrogens is 4. The number of tetrazole rings is 1. The van der Waals surface area contributed by atoms with Gasteiger partial charge in [-0.15, -0.1) is 5.10 Å². The van der Waals surface area contributed by atoms with E-state index in [2.05, 4.69) is 83.5 Å². The summed E-state index contributed by atoms with van der Waals surface area (Å²) in [6.45, 7) is 10.8. The molecule has 0 spiro atoms. The Kier molecular flexibility index (Phi) is 4.96. The maximum atomic E-state index is 4.45. The van der Waals surface area contributed by atoms with Crippen LogP contribution in [0.2, 0.25) is 0 Å². The monoisotopic (exact) mass is 328 g/mol. The summed E-state index contributed by atoms with van der Waals surface area (Å²) in [6, 6.07) is 10.7. The molecule has 1 atom stereocenters. The first-order valence-corrected chi connectivity index (χ1v) is 8.79. The highest BCUT2D eigenvalue weighted by Crippen LogP contribution is 2.31. The molecule has 3 rings (SSSR count). The summed E-state index contributed by atoms with van der Waals surface area (Å²) in [4.78, 5) is 4.88. The van der Waals surface area contributed by atoms with Crippen LogP contribution in [0.1, 0.15) is 44.6 Å². The Hall–Kier alpha value is -1.79. The molecule has 2 aromatic rings. The van der Waals surface area contributed by atoms with Crippen LogP contribution in [-0.4, -0.2) is 63.2 Å². The summed E-state index contributed by atoms with van der Waals surface area (Å²) in [5.74, 6) is 0.942. The maximum absolute atomic E-state index is 4.45. The number of nitrogens with zero attached hydrogens (tertiary/aromatic N) is 6. The van der Waals surface area contributed by atoms with Gasteiger partial charge in [-0.1, -0.05) is 37.3 Å². The van der Waals surface area contributed by atoms with E-state index in [9.17, 15) is 0 Å². The molecule has 1 aliphatic rings. The van der Waals surface area contributed by atoms with E-state index in [1.807, 2.05) is 4.68 Å². The molecule has 0 saturated carbocycles. The van der Waals surface area contributed by atoms with Crippen LogP contribution >= 0.6 is 0 Å². The molecule has 0 amide bonds. The standard InChI is InChI=1S/C18H28N6/c1-5-18(2,3)24-17(19-20-21-24)16(15-9-7-6-8-10-15)23-13-11-22(4)12-14-23/h6-10,16H,5,11-14H2,1-4H3. The van der Waals surface area contributed by atoms with Gasteiger partial charge in [0.1, 0.15) is 0 Å². The summed E-state index contributed by atoms with van der Waals surface area (Å²) in [5.41, 5.74) is 1.16. The summed E-state index contributed by atoms with van der Waals surface area (Å²) in [7, 11) is 2.18. The minimum absolute atomic E-state index is 0.0979. The highest BCUT2D eigenvalue weighted by Gasteiger charge is 2.33. The molecule has 6 heteroatoms. The predicted octanol–water partition coefficient (Wildman–Crippen LogP) is 2.16. The third-order valence-corrected chi connectivity index (χ3v) is 5.20.